The van der Waals surface area contributed by atoms with Crippen LogP contribution in [0.3, 0.4) is 0 Å². The first-order valence-corrected chi connectivity index (χ1v) is 5.58. The van der Waals surface area contributed by atoms with Gasteiger partial charge in [0.15, 0.2) is 0 Å². The zero-order chi connectivity index (χ0) is 11.5. The first-order chi connectivity index (χ1) is 7.65. The third kappa shape index (κ3) is 2.60. The number of halogens is 1. The van der Waals surface area contributed by atoms with Gasteiger partial charge in [-0.05, 0) is 42.9 Å². The third-order valence-corrected chi connectivity index (χ3v) is 3.06. The van der Waals surface area contributed by atoms with E-state index in [0.717, 1.165) is 24.8 Å². The van der Waals surface area contributed by atoms with Crippen molar-refractivity contribution in [1.29, 1.82) is 0 Å². The Morgan fingerprint density at radius 2 is 2.00 bits per heavy atom. The van der Waals surface area contributed by atoms with Crippen molar-refractivity contribution in [2.75, 3.05) is 0 Å². The van der Waals surface area contributed by atoms with E-state index in [1.165, 1.54) is 19.1 Å². The van der Waals surface area contributed by atoms with Gasteiger partial charge in [-0.2, -0.15) is 0 Å². The minimum absolute atomic E-state index is 0.0348. The molecule has 0 aromatic heterocycles. The standard InChI is InChI=1S/C13H15FO2/c1-9(15)16-13-7-4-11(8-13)10-2-5-12(14)6-3-10/h2-3,5-6,11,13H,4,7-8H2,1H3/t11-,13+/m0/s1. The van der Waals surface area contributed by atoms with Gasteiger partial charge in [-0.1, -0.05) is 12.1 Å². The number of carbonyl (C=O) groups excluding carboxylic acids is 1. The molecule has 0 aliphatic heterocycles. The second-order valence-electron chi connectivity index (χ2n) is 4.29. The highest BCUT2D eigenvalue weighted by molar-refractivity contribution is 5.66. The van der Waals surface area contributed by atoms with Crippen molar-refractivity contribution >= 4 is 5.97 Å². The Morgan fingerprint density at radius 1 is 1.31 bits per heavy atom. The molecule has 16 heavy (non-hydrogen) atoms. The topological polar surface area (TPSA) is 26.3 Å². The predicted molar refractivity (Wildman–Crippen MR) is 58.5 cm³/mol. The van der Waals surface area contributed by atoms with Crippen molar-refractivity contribution in [2.45, 2.75) is 38.2 Å². The Balaban J connectivity index is 1.98. The maximum Gasteiger partial charge on any atom is 0.302 e. The molecule has 0 amide bonds. The SMILES string of the molecule is CC(=O)O[C@@H]1CC[C@H](c2ccc(F)cc2)C1. The maximum atomic E-state index is 12.8. The molecular formula is C13H15FO2. The lowest BCUT2D eigenvalue weighted by Crippen LogP contribution is -2.12. The largest absolute Gasteiger partial charge is 0.463 e. The zero-order valence-electron chi connectivity index (χ0n) is 9.28. The molecule has 2 atom stereocenters. The highest BCUT2D eigenvalue weighted by Gasteiger charge is 2.27. The van der Waals surface area contributed by atoms with Crippen molar-refractivity contribution in [2.24, 2.45) is 0 Å². The molecule has 3 heteroatoms. The summed E-state index contributed by atoms with van der Waals surface area (Å²) < 4.78 is 17.9. The molecule has 1 saturated carbocycles. The Hall–Kier alpha value is -1.38. The summed E-state index contributed by atoms with van der Waals surface area (Å²) in [6.45, 7) is 1.44. The number of hydrogen-bond acceptors (Lipinski definition) is 2. The summed E-state index contributed by atoms with van der Waals surface area (Å²) in [7, 11) is 0. The van der Waals surface area contributed by atoms with E-state index >= 15 is 0 Å². The third-order valence-electron chi connectivity index (χ3n) is 3.06. The minimum atomic E-state index is -0.218. The summed E-state index contributed by atoms with van der Waals surface area (Å²) in [5.41, 5.74) is 1.14. The summed E-state index contributed by atoms with van der Waals surface area (Å²) in [6, 6.07) is 6.59. The Kier molecular flexibility index (Phi) is 3.22. The summed E-state index contributed by atoms with van der Waals surface area (Å²) in [4.78, 5) is 10.8. The summed E-state index contributed by atoms with van der Waals surface area (Å²) in [5, 5.41) is 0. The summed E-state index contributed by atoms with van der Waals surface area (Å²) in [5.74, 6) is -0.0343. The molecule has 1 aromatic rings. The van der Waals surface area contributed by atoms with Crippen LogP contribution in [0.25, 0.3) is 0 Å². The van der Waals surface area contributed by atoms with Gasteiger partial charge in [-0.3, -0.25) is 4.79 Å². The van der Waals surface area contributed by atoms with Gasteiger partial charge < -0.3 is 4.74 Å². The molecule has 0 radical (unpaired) electrons. The quantitative estimate of drug-likeness (QED) is 0.719. The molecule has 0 N–H and O–H groups in total. The van der Waals surface area contributed by atoms with Crippen molar-refractivity contribution in [3.05, 3.63) is 35.6 Å². The number of rotatable bonds is 2. The van der Waals surface area contributed by atoms with E-state index in [2.05, 4.69) is 0 Å². The number of esters is 1. The summed E-state index contributed by atoms with van der Waals surface area (Å²) >= 11 is 0. The van der Waals surface area contributed by atoms with E-state index in [4.69, 9.17) is 4.74 Å². The van der Waals surface area contributed by atoms with E-state index in [0.29, 0.717) is 5.92 Å². The average Bonchev–Trinajstić information content (AvgIpc) is 2.66. The first kappa shape index (κ1) is 11.1. The first-order valence-electron chi connectivity index (χ1n) is 5.58. The minimum Gasteiger partial charge on any atom is -0.463 e. The molecule has 2 rings (SSSR count). The highest BCUT2D eigenvalue weighted by atomic mass is 19.1. The van der Waals surface area contributed by atoms with Crippen molar-refractivity contribution in [1.82, 2.24) is 0 Å². The second kappa shape index (κ2) is 4.64. The van der Waals surface area contributed by atoms with Gasteiger partial charge in [0, 0.05) is 6.92 Å². The molecule has 1 aromatic carbocycles. The monoisotopic (exact) mass is 222 g/mol. The van der Waals surface area contributed by atoms with Gasteiger partial charge in [0.2, 0.25) is 0 Å². The molecule has 0 saturated heterocycles. The van der Waals surface area contributed by atoms with Crippen LogP contribution in [-0.2, 0) is 9.53 Å². The van der Waals surface area contributed by atoms with E-state index in [1.807, 2.05) is 12.1 Å². The molecule has 0 spiro atoms. The number of ether oxygens (including phenoxy) is 1. The maximum absolute atomic E-state index is 12.8. The van der Waals surface area contributed by atoms with Gasteiger partial charge in [-0.15, -0.1) is 0 Å². The normalized spacial score (nSPS) is 24.4. The lowest BCUT2D eigenvalue weighted by Gasteiger charge is -2.11. The number of hydrogen-bond donors (Lipinski definition) is 0. The van der Waals surface area contributed by atoms with E-state index in [-0.39, 0.29) is 17.9 Å². The molecular weight excluding hydrogens is 207 g/mol. The van der Waals surface area contributed by atoms with Crippen LogP contribution < -0.4 is 0 Å². The molecule has 1 aliphatic rings. The van der Waals surface area contributed by atoms with Crippen LogP contribution in [-0.4, -0.2) is 12.1 Å². The Morgan fingerprint density at radius 3 is 2.62 bits per heavy atom. The van der Waals surface area contributed by atoms with Crippen molar-refractivity contribution in [3.8, 4) is 0 Å². The smallest absolute Gasteiger partial charge is 0.302 e. The molecule has 1 aliphatic carbocycles. The van der Waals surface area contributed by atoms with Crippen LogP contribution >= 0.6 is 0 Å². The Bertz CT molecular complexity index is 372. The van der Waals surface area contributed by atoms with Crippen LogP contribution in [0.1, 0.15) is 37.7 Å². The molecule has 0 bridgehead atoms. The highest BCUT2D eigenvalue weighted by Crippen LogP contribution is 2.35. The van der Waals surface area contributed by atoms with Crippen LogP contribution in [0.2, 0.25) is 0 Å². The van der Waals surface area contributed by atoms with Crippen molar-refractivity contribution in [3.63, 3.8) is 0 Å². The van der Waals surface area contributed by atoms with Gasteiger partial charge in [-0.25, -0.2) is 4.39 Å². The molecule has 0 unspecified atom stereocenters. The lowest BCUT2D eigenvalue weighted by molar-refractivity contribution is -0.145. The van der Waals surface area contributed by atoms with Gasteiger partial charge in [0.05, 0.1) is 0 Å². The average molecular weight is 222 g/mol. The van der Waals surface area contributed by atoms with Gasteiger partial charge >= 0.3 is 5.97 Å². The fourth-order valence-electron chi connectivity index (χ4n) is 2.32. The molecule has 86 valence electrons. The molecule has 1 fully saturated rings. The van der Waals surface area contributed by atoms with E-state index < -0.39 is 0 Å². The van der Waals surface area contributed by atoms with Gasteiger partial charge in [0.25, 0.3) is 0 Å². The lowest BCUT2D eigenvalue weighted by atomic mass is 9.98. The van der Waals surface area contributed by atoms with Crippen LogP contribution in [0.15, 0.2) is 24.3 Å². The molecule has 0 heterocycles. The fraction of sp³-hybridized carbons (Fsp3) is 0.462. The zero-order valence-corrected chi connectivity index (χ0v) is 9.28. The summed E-state index contributed by atoms with van der Waals surface area (Å²) in [6.07, 6.45) is 2.80. The van der Waals surface area contributed by atoms with Gasteiger partial charge in [0.1, 0.15) is 11.9 Å². The van der Waals surface area contributed by atoms with E-state index in [9.17, 15) is 9.18 Å². The van der Waals surface area contributed by atoms with Crippen LogP contribution in [0.4, 0.5) is 4.39 Å². The number of carbonyl (C=O) groups is 1. The van der Waals surface area contributed by atoms with E-state index in [1.54, 1.807) is 0 Å². The fourth-order valence-corrected chi connectivity index (χ4v) is 2.32. The molecule has 2 nitrogen and oxygen atoms in total. The number of benzene rings is 1. The predicted octanol–water partition coefficient (Wildman–Crippen LogP) is 3.02. The van der Waals surface area contributed by atoms with Crippen LogP contribution in [0.5, 0.6) is 0 Å². The Labute approximate surface area is 94.4 Å². The second-order valence-corrected chi connectivity index (χ2v) is 4.29. The van der Waals surface area contributed by atoms with Crippen molar-refractivity contribution < 1.29 is 13.9 Å². The van der Waals surface area contributed by atoms with Crippen LogP contribution in [0, 0.1) is 5.82 Å².